The van der Waals surface area contributed by atoms with Crippen molar-refractivity contribution in [3.8, 4) is 0 Å². The van der Waals surface area contributed by atoms with E-state index in [0.29, 0.717) is 0 Å². The molecule has 0 atom stereocenters. The van der Waals surface area contributed by atoms with Gasteiger partial charge in [0.1, 0.15) is 0 Å². The summed E-state index contributed by atoms with van der Waals surface area (Å²) < 4.78 is 11.9. The highest BCUT2D eigenvalue weighted by Gasteiger charge is 2.07. The molecule has 0 unspecified atom stereocenters. The van der Waals surface area contributed by atoms with E-state index in [1.54, 1.807) is 0 Å². The standard InChI is InChI=1S/C24H46O2/c1-4-7-9-11-13-15-17-19-22-25-24(21-6-3)26-23-20-18-16-14-12-10-8-5-2/h13-16,24H,4-12,17-23H2,1-3H3/b15-13-,16-14-. The first-order valence-electron chi connectivity index (χ1n) is 11.4. The largest absolute Gasteiger partial charge is 0.353 e. The van der Waals surface area contributed by atoms with Crippen LogP contribution in [0.15, 0.2) is 24.3 Å². The smallest absolute Gasteiger partial charge is 0.157 e. The molecule has 0 aromatic heterocycles. The number of hydrogen-bond donors (Lipinski definition) is 0. The third-order valence-electron chi connectivity index (χ3n) is 4.44. The number of allylic oxidation sites excluding steroid dienone is 4. The zero-order valence-electron chi connectivity index (χ0n) is 18.0. The van der Waals surface area contributed by atoms with Gasteiger partial charge in [0.05, 0.1) is 13.2 Å². The quantitative estimate of drug-likeness (QED) is 0.123. The second-order valence-electron chi connectivity index (χ2n) is 7.18. The summed E-state index contributed by atoms with van der Waals surface area (Å²) in [4.78, 5) is 0. The minimum absolute atomic E-state index is 0.0120. The van der Waals surface area contributed by atoms with E-state index >= 15 is 0 Å². The second-order valence-corrected chi connectivity index (χ2v) is 7.18. The Bertz CT molecular complexity index is 281. The molecule has 0 aliphatic rings. The molecule has 0 bridgehead atoms. The summed E-state index contributed by atoms with van der Waals surface area (Å²) in [6.45, 7) is 8.31. The molecule has 0 rings (SSSR count). The summed E-state index contributed by atoms with van der Waals surface area (Å²) in [5.41, 5.74) is 0. The molecule has 0 fully saturated rings. The molecule has 0 aliphatic carbocycles. The van der Waals surface area contributed by atoms with Gasteiger partial charge in [0, 0.05) is 0 Å². The minimum atomic E-state index is -0.0120. The first-order chi connectivity index (χ1) is 12.8. The van der Waals surface area contributed by atoms with Crippen LogP contribution in [0.5, 0.6) is 0 Å². The van der Waals surface area contributed by atoms with Crippen LogP contribution in [0.2, 0.25) is 0 Å². The van der Waals surface area contributed by atoms with Crippen LogP contribution in [0.4, 0.5) is 0 Å². The Kier molecular flexibility index (Phi) is 21.9. The molecule has 0 N–H and O–H groups in total. The van der Waals surface area contributed by atoms with E-state index in [2.05, 4.69) is 45.1 Å². The van der Waals surface area contributed by atoms with Gasteiger partial charge < -0.3 is 9.47 Å². The number of ether oxygens (including phenoxy) is 2. The Balaban J connectivity index is 3.58. The van der Waals surface area contributed by atoms with Gasteiger partial charge >= 0.3 is 0 Å². The topological polar surface area (TPSA) is 18.5 Å². The third kappa shape index (κ3) is 19.7. The maximum atomic E-state index is 5.93. The molecule has 154 valence electrons. The summed E-state index contributed by atoms with van der Waals surface area (Å²) in [5.74, 6) is 0. The average molecular weight is 367 g/mol. The van der Waals surface area contributed by atoms with Gasteiger partial charge in [0.15, 0.2) is 6.29 Å². The van der Waals surface area contributed by atoms with E-state index in [-0.39, 0.29) is 6.29 Å². The average Bonchev–Trinajstić information content (AvgIpc) is 2.65. The fourth-order valence-corrected chi connectivity index (χ4v) is 2.78. The summed E-state index contributed by atoms with van der Waals surface area (Å²) in [7, 11) is 0. The van der Waals surface area contributed by atoms with Gasteiger partial charge in [-0.05, 0) is 57.8 Å². The molecular weight excluding hydrogens is 320 g/mol. The maximum absolute atomic E-state index is 5.93. The number of hydrogen-bond acceptors (Lipinski definition) is 2. The zero-order chi connectivity index (χ0) is 19.1. The molecule has 0 heterocycles. The Hall–Kier alpha value is -0.600. The van der Waals surface area contributed by atoms with Crippen LogP contribution in [0, 0.1) is 0 Å². The molecule has 2 nitrogen and oxygen atoms in total. The van der Waals surface area contributed by atoms with Crippen LogP contribution < -0.4 is 0 Å². The summed E-state index contributed by atoms with van der Waals surface area (Å²) >= 11 is 0. The molecule has 0 radical (unpaired) electrons. The van der Waals surface area contributed by atoms with Gasteiger partial charge in [-0.25, -0.2) is 0 Å². The molecule has 0 saturated heterocycles. The number of unbranched alkanes of at least 4 members (excludes halogenated alkanes) is 8. The lowest BCUT2D eigenvalue weighted by atomic mass is 10.2. The predicted octanol–water partition coefficient (Wildman–Crippen LogP) is 7.98. The van der Waals surface area contributed by atoms with Crippen LogP contribution in [0.1, 0.15) is 111 Å². The van der Waals surface area contributed by atoms with Crippen LogP contribution >= 0.6 is 0 Å². The van der Waals surface area contributed by atoms with E-state index < -0.39 is 0 Å². The molecule has 0 amide bonds. The zero-order valence-corrected chi connectivity index (χ0v) is 18.0. The van der Waals surface area contributed by atoms with Crippen molar-refractivity contribution < 1.29 is 9.47 Å². The van der Waals surface area contributed by atoms with E-state index in [0.717, 1.165) is 51.7 Å². The first kappa shape index (κ1) is 25.4. The van der Waals surface area contributed by atoms with Gasteiger partial charge in [0.25, 0.3) is 0 Å². The van der Waals surface area contributed by atoms with Crippen molar-refractivity contribution in [2.75, 3.05) is 13.2 Å². The maximum Gasteiger partial charge on any atom is 0.157 e. The second kappa shape index (κ2) is 22.4. The van der Waals surface area contributed by atoms with Crippen molar-refractivity contribution in [3.05, 3.63) is 24.3 Å². The Morgan fingerprint density at radius 2 is 0.962 bits per heavy atom. The van der Waals surface area contributed by atoms with E-state index in [1.165, 1.54) is 51.4 Å². The Morgan fingerprint density at radius 1 is 0.538 bits per heavy atom. The van der Waals surface area contributed by atoms with Crippen LogP contribution in [-0.2, 0) is 9.47 Å². The Morgan fingerprint density at radius 3 is 1.35 bits per heavy atom. The SMILES string of the molecule is CCCCC/C=C\CCCOC(CCC)OCCC/C=C\CCCCC. The summed E-state index contributed by atoms with van der Waals surface area (Å²) in [6.07, 6.45) is 26.2. The van der Waals surface area contributed by atoms with Crippen LogP contribution in [0.3, 0.4) is 0 Å². The van der Waals surface area contributed by atoms with Crippen molar-refractivity contribution in [3.63, 3.8) is 0 Å². The van der Waals surface area contributed by atoms with Gasteiger partial charge in [0.2, 0.25) is 0 Å². The fraction of sp³-hybridized carbons (Fsp3) is 0.833. The van der Waals surface area contributed by atoms with E-state index in [1.807, 2.05) is 0 Å². The monoisotopic (exact) mass is 366 g/mol. The normalized spacial score (nSPS) is 12.2. The molecule has 0 aromatic carbocycles. The van der Waals surface area contributed by atoms with Crippen molar-refractivity contribution >= 4 is 0 Å². The molecule has 0 aliphatic heterocycles. The van der Waals surface area contributed by atoms with Gasteiger partial charge in [-0.2, -0.15) is 0 Å². The van der Waals surface area contributed by atoms with Crippen molar-refractivity contribution in [1.29, 1.82) is 0 Å². The molecule has 26 heavy (non-hydrogen) atoms. The summed E-state index contributed by atoms with van der Waals surface area (Å²) in [5, 5.41) is 0. The lowest BCUT2D eigenvalue weighted by molar-refractivity contribution is -0.146. The van der Waals surface area contributed by atoms with Crippen molar-refractivity contribution in [2.45, 2.75) is 117 Å². The lowest BCUT2D eigenvalue weighted by Crippen LogP contribution is -2.18. The fourth-order valence-electron chi connectivity index (χ4n) is 2.78. The minimum Gasteiger partial charge on any atom is -0.353 e. The molecular formula is C24H46O2. The van der Waals surface area contributed by atoms with Gasteiger partial charge in [-0.15, -0.1) is 0 Å². The van der Waals surface area contributed by atoms with Crippen molar-refractivity contribution in [2.24, 2.45) is 0 Å². The molecule has 0 aromatic rings. The molecule has 0 spiro atoms. The highest BCUT2D eigenvalue weighted by molar-refractivity contribution is 4.81. The molecule has 2 heteroatoms. The summed E-state index contributed by atoms with van der Waals surface area (Å²) in [6, 6.07) is 0. The molecule has 0 saturated carbocycles. The van der Waals surface area contributed by atoms with Crippen LogP contribution in [-0.4, -0.2) is 19.5 Å². The van der Waals surface area contributed by atoms with Crippen molar-refractivity contribution in [1.82, 2.24) is 0 Å². The Labute approximate surface area is 164 Å². The predicted molar refractivity (Wildman–Crippen MR) is 116 cm³/mol. The first-order valence-corrected chi connectivity index (χ1v) is 11.4. The van der Waals surface area contributed by atoms with E-state index in [4.69, 9.17) is 9.47 Å². The third-order valence-corrected chi connectivity index (χ3v) is 4.44. The lowest BCUT2D eigenvalue weighted by Gasteiger charge is -2.17. The van der Waals surface area contributed by atoms with E-state index in [9.17, 15) is 0 Å². The highest BCUT2D eigenvalue weighted by atomic mass is 16.7. The van der Waals surface area contributed by atoms with Crippen LogP contribution in [0.25, 0.3) is 0 Å². The van der Waals surface area contributed by atoms with Gasteiger partial charge in [-0.3, -0.25) is 0 Å². The number of rotatable bonds is 20. The van der Waals surface area contributed by atoms with Gasteiger partial charge in [-0.1, -0.05) is 77.2 Å². The highest BCUT2D eigenvalue weighted by Crippen LogP contribution is 2.08.